The van der Waals surface area contributed by atoms with E-state index in [9.17, 15) is 0 Å². The van der Waals surface area contributed by atoms with Gasteiger partial charge in [-0.25, -0.2) is 9.97 Å². The maximum absolute atomic E-state index is 6.22. The summed E-state index contributed by atoms with van der Waals surface area (Å²) in [5, 5.41) is 4.19. The monoisotopic (exact) mass is 264 g/mol. The molecule has 1 atom stereocenters. The summed E-state index contributed by atoms with van der Waals surface area (Å²) in [4.78, 5) is 8.86. The van der Waals surface area contributed by atoms with Crippen LogP contribution in [0.1, 0.15) is 30.7 Å². The highest BCUT2D eigenvalue weighted by Crippen LogP contribution is 2.20. The highest BCUT2D eigenvalue weighted by Gasteiger charge is 2.15. The van der Waals surface area contributed by atoms with E-state index in [4.69, 9.17) is 11.6 Å². The van der Waals surface area contributed by atoms with Crippen molar-refractivity contribution in [2.45, 2.75) is 38.6 Å². The van der Waals surface area contributed by atoms with Gasteiger partial charge in [0.2, 0.25) is 0 Å². The van der Waals surface area contributed by atoms with Gasteiger partial charge in [0.15, 0.2) is 5.65 Å². The van der Waals surface area contributed by atoms with E-state index in [1.165, 1.54) is 19.3 Å². The van der Waals surface area contributed by atoms with Gasteiger partial charge in [-0.15, -0.1) is 0 Å². The number of aromatic nitrogens is 3. The maximum atomic E-state index is 6.22. The van der Waals surface area contributed by atoms with Crippen LogP contribution in [0.15, 0.2) is 12.5 Å². The van der Waals surface area contributed by atoms with E-state index in [0.717, 1.165) is 30.0 Å². The third-order valence-corrected chi connectivity index (χ3v) is 3.98. The van der Waals surface area contributed by atoms with Gasteiger partial charge in [0, 0.05) is 18.7 Å². The van der Waals surface area contributed by atoms with Crippen LogP contribution in [0.25, 0.3) is 5.65 Å². The molecule has 0 amide bonds. The number of fused-ring (bicyclic) bond motifs is 1. The smallest absolute Gasteiger partial charge is 0.158 e. The van der Waals surface area contributed by atoms with E-state index in [-0.39, 0.29) is 0 Å². The quantitative estimate of drug-likeness (QED) is 0.906. The van der Waals surface area contributed by atoms with Crippen molar-refractivity contribution in [2.75, 3.05) is 6.54 Å². The molecule has 0 aromatic carbocycles. The van der Waals surface area contributed by atoms with E-state index in [1.807, 2.05) is 17.5 Å². The van der Waals surface area contributed by atoms with Crippen molar-refractivity contribution in [3.63, 3.8) is 0 Å². The first-order chi connectivity index (χ1) is 8.74. The van der Waals surface area contributed by atoms with E-state index < -0.39 is 0 Å². The number of hydrogen-bond acceptors (Lipinski definition) is 3. The fourth-order valence-electron chi connectivity index (χ4n) is 2.51. The lowest BCUT2D eigenvalue weighted by Gasteiger charge is -2.22. The normalized spacial score (nSPS) is 20.4. The van der Waals surface area contributed by atoms with E-state index in [0.29, 0.717) is 11.1 Å². The summed E-state index contributed by atoms with van der Waals surface area (Å²) in [5.74, 6) is 0. The Morgan fingerprint density at radius 1 is 1.50 bits per heavy atom. The molecular formula is C13H17ClN4. The topological polar surface area (TPSA) is 42.2 Å². The average Bonchev–Trinajstić information content (AvgIpc) is 2.79. The Labute approximate surface area is 111 Å². The van der Waals surface area contributed by atoms with Crippen LogP contribution in [0.3, 0.4) is 0 Å². The van der Waals surface area contributed by atoms with Gasteiger partial charge in [-0.2, -0.15) is 0 Å². The fraction of sp³-hybridized carbons (Fsp3) is 0.538. The molecule has 1 aliphatic rings. The van der Waals surface area contributed by atoms with Crippen LogP contribution >= 0.6 is 11.6 Å². The lowest BCUT2D eigenvalue weighted by Crippen LogP contribution is -2.35. The number of imidazole rings is 1. The first-order valence-electron chi connectivity index (χ1n) is 6.46. The van der Waals surface area contributed by atoms with E-state index in [1.54, 1.807) is 6.33 Å². The highest BCUT2D eigenvalue weighted by atomic mass is 35.5. The fourth-order valence-corrected chi connectivity index (χ4v) is 2.70. The van der Waals surface area contributed by atoms with Crippen molar-refractivity contribution >= 4 is 17.2 Å². The Morgan fingerprint density at radius 2 is 2.39 bits per heavy atom. The number of hydrogen-bond donors (Lipinski definition) is 1. The summed E-state index contributed by atoms with van der Waals surface area (Å²) in [6, 6.07) is 0.552. The predicted molar refractivity (Wildman–Crippen MR) is 72.1 cm³/mol. The summed E-state index contributed by atoms with van der Waals surface area (Å²) in [6.07, 6.45) is 8.62. The minimum atomic E-state index is 0.552. The summed E-state index contributed by atoms with van der Waals surface area (Å²) >= 11 is 6.22. The molecular weight excluding hydrogens is 248 g/mol. The lowest BCUT2D eigenvalue weighted by atomic mass is 10.0. The maximum Gasteiger partial charge on any atom is 0.158 e. The number of nitrogens with one attached hydrogen (secondary N) is 1. The molecule has 96 valence electrons. The van der Waals surface area contributed by atoms with E-state index in [2.05, 4.69) is 15.3 Å². The molecule has 2 aromatic rings. The second kappa shape index (κ2) is 4.86. The molecule has 0 saturated carbocycles. The molecule has 1 aliphatic heterocycles. The Kier molecular flexibility index (Phi) is 3.22. The first kappa shape index (κ1) is 11.9. The molecule has 0 spiro atoms. The SMILES string of the molecule is Cc1ncn2cc(C[C@@H]3CCCCN3)nc2c1Cl. The van der Waals surface area contributed by atoms with Gasteiger partial charge in [-0.3, -0.25) is 4.40 Å². The van der Waals surface area contributed by atoms with Crippen LogP contribution < -0.4 is 5.32 Å². The van der Waals surface area contributed by atoms with Crippen LogP contribution in [0.2, 0.25) is 5.02 Å². The van der Waals surface area contributed by atoms with Gasteiger partial charge in [0.1, 0.15) is 11.3 Å². The third kappa shape index (κ3) is 2.22. The molecule has 2 aromatic heterocycles. The number of aryl methyl sites for hydroxylation is 1. The second-order valence-corrected chi connectivity index (χ2v) is 5.34. The Balaban J connectivity index is 1.86. The minimum Gasteiger partial charge on any atom is -0.314 e. The Bertz CT molecular complexity index is 557. The predicted octanol–water partition coefficient (Wildman–Crippen LogP) is 2.38. The molecule has 3 heterocycles. The average molecular weight is 265 g/mol. The molecule has 1 N–H and O–H groups in total. The van der Waals surface area contributed by atoms with E-state index >= 15 is 0 Å². The molecule has 4 nitrogen and oxygen atoms in total. The van der Waals surface area contributed by atoms with Crippen molar-refractivity contribution in [3.05, 3.63) is 28.9 Å². The summed E-state index contributed by atoms with van der Waals surface area (Å²) in [6.45, 7) is 3.03. The lowest BCUT2D eigenvalue weighted by molar-refractivity contribution is 0.397. The molecule has 1 fully saturated rings. The van der Waals surface area contributed by atoms with Crippen molar-refractivity contribution in [1.29, 1.82) is 0 Å². The third-order valence-electron chi connectivity index (χ3n) is 3.54. The van der Waals surface area contributed by atoms with Gasteiger partial charge >= 0.3 is 0 Å². The molecule has 18 heavy (non-hydrogen) atoms. The summed E-state index contributed by atoms with van der Waals surface area (Å²) in [7, 11) is 0. The molecule has 0 unspecified atom stereocenters. The van der Waals surface area contributed by atoms with Crippen LogP contribution in [-0.2, 0) is 6.42 Å². The van der Waals surface area contributed by atoms with Gasteiger partial charge in [-0.1, -0.05) is 18.0 Å². The van der Waals surface area contributed by atoms with Crippen molar-refractivity contribution in [2.24, 2.45) is 0 Å². The molecule has 5 heteroatoms. The van der Waals surface area contributed by atoms with Crippen LogP contribution in [0.4, 0.5) is 0 Å². The first-order valence-corrected chi connectivity index (χ1v) is 6.84. The standard InChI is InChI=1S/C13H17ClN4/c1-9-12(14)13-17-11(7-18(13)8-16-9)6-10-4-2-3-5-15-10/h7-8,10,15H,2-6H2,1H3/t10-/m0/s1. The molecule has 1 saturated heterocycles. The largest absolute Gasteiger partial charge is 0.314 e. The molecule has 0 aliphatic carbocycles. The van der Waals surface area contributed by atoms with Crippen LogP contribution in [-0.4, -0.2) is 27.0 Å². The van der Waals surface area contributed by atoms with Gasteiger partial charge in [0.05, 0.1) is 11.4 Å². The minimum absolute atomic E-state index is 0.552. The summed E-state index contributed by atoms with van der Waals surface area (Å²) in [5.41, 5.74) is 2.73. The Hall–Kier alpha value is -1.13. The second-order valence-electron chi connectivity index (χ2n) is 4.96. The highest BCUT2D eigenvalue weighted by molar-refractivity contribution is 6.34. The molecule has 0 bridgehead atoms. The summed E-state index contributed by atoms with van der Waals surface area (Å²) < 4.78 is 1.91. The van der Waals surface area contributed by atoms with Gasteiger partial charge in [0.25, 0.3) is 0 Å². The van der Waals surface area contributed by atoms with Gasteiger partial charge < -0.3 is 5.32 Å². The van der Waals surface area contributed by atoms with Crippen LogP contribution in [0.5, 0.6) is 0 Å². The zero-order valence-electron chi connectivity index (χ0n) is 10.5. The molecule has 0 radical (unpaired) electrons. The van der Waals surface area contributed by atoms with Crippen molar-refractivity contribution in [1.82, 2.24) is 19.7 Å². The van der Waals surface area contributed by atoms with Crippen molar-refractivity contribution < 1.29 is 0 Å². The Morgan fingerprint density at radius 3 is 3.17 bits per heavy atom. The van der Waals surface area contributed by atoms with Crippen LogP contribution in [0, 0.1) is 6.92 Å². The van der Waals surface area contributed by atoms with Crippen molar-refractivity contribution in [3.8, 4) is 0 Å². The number of rotatable bonds is 2. The zero-order chi connectivity index (χ0) is 12.5. The number of piperidine rings is 1. The number of halogens is 1. The van der Waals surface area contributed by atoms with Gasteiger partial charge in [-0.05, 0) is 26.3 Å². The zero-order valence-corrected chi connectivity index (χ0v) is 11.2. The molecule has 3 rings (SSSR count). The number of nitrogens with zero attached hydrogens (tertiary/aromatic N) is 3.